The van der Waals surface area contributed by atoms with Crippen molar-refractivity contribution >= 4 is 16.8 Å². The number of nitrogens with two attached hydrogens (primary N) is 2. The molecule has 3 aromatic rings. The molecule has 7 N–H and O–H groups in total. The van der Waals surface area contributed by atoms with Gasteiger partial charge in [-0.3, -0.25) is 4.79 Å². The van der Waals surface area contributed by atoms with E-state index in [-0.39, 0.29) is 25.2 Å². The Morgan fingerprint density at radius 1 is 1.28 bits per heavy atom. The van der Waals surface area contributed by atoms with Gasteiger partial charge in [-0.25, -0.2) is 4.39 Å². The lowest BCUT2D eigenvalue weighted by atomic mass is 10.00. The highest BCUT2D eigenvalue weighted by Crippen LogP contribution is 2.33. The minimum atomic E-state index is -0.729. The summed E-state index contributed by atoms with van der Waals surface area (Å²) in [6.45, 7) is 0.241. The van der Waals surface area contributed by atoms with E-state index < -0.39 is 23.9 Å². The number of hydrogen-bond acceptors (Lipinski definition) is 5. The van der Waals surface area contributed by atoms with E-state index >= 15 is 0 Å². The van der Waals surface area contributed by atoms with E-state index in [9.17, 15) is 14.3 Å². The Balaban J connectivity index is 1.94. The predicted octanol–water partition coefficient (Wildman–Crippen LogP) is 1.61. The third-order valence-electron chi connectivity index (χ3n) is 4.66. The number of fused-ring (bicyclic) bond motifs is 1. The Kier molecular flexibility index (Phi) is 6.24. The maximum Gasteiger partial charge on any atom is 0.268 e. The van der Waals surface area contributed by atoms with E-state index in [2.05, 4.69) is 10.3 Å². The molecule has 0 saturated carbocycles. The molecule has 0 bridgehead atoms. The summed E-state index contributed by atoms with van der Waals surface area (Å²) >= 11 is 0. The summed E-state index contributed by atoms with van der Waals surface area (Å²) < 4.78 is 13.9. The lowest BCUT2D eigenvalue weighted by molar-refractivity contribution is 0.0941. The highest BCUT2D eigenvalue weighted by Gasteiger charge is 2.20. The van der Waals surface area contributed by atoms with E-state index in [0.717, 1.165) is 0 Å². The number of aromatic nitrogens is 1. The number of hydrogen-bond donors (Lipinski definition) is 5. The topological polar surface area (TPSA) is 141 Å². The molecule has 1 amide bonds. The van der Waals surface area contributed by atoms with Gasteiger partial charge in [0.15, 0.2) is 0 Å². The Hall–Kier alpha value is -3.25. The number of carbonyl (C=O) groups excluding carboxylic acids is 1. The van der Waals surface area contributed by atoms with Crippen molar-refractivity contribution in [3.05, 3.63) is 59.5 Å². The standard InChI is InChI=1S/C21H22FN5O2/c22-14-5-6-18-17(7-14)19(13-3-1-12(9-23)2-4-13)20(27-18)21(29)26-11-15(25)8-16(28)10-24/h1-7,15-16,27-28H,8,10-11,24-25H2,(H,26,29)/t15-,16?/m0/s1. The minimum Gasteiger partial charge on any atom is -0.392 e. The monoisotopic (exact) mass is 395 g/mol. The van der Waals surface area contributed by atoms with Crippen LogP contribution in [-0.4, -0.2) is 41.2 Å². The number of aliphatic hydroxyl groups is 1. The van der Waals surface area contributed by atoms with Crippen LogP contribution in [0.2, 0.25) is 0 Å². The number of nitrogens with one attached hydrogen (secondary N) is 2. The van der Waals surface area contributed by atoms with Crippen molar-refractivity contribution in [3.63, 3.8) is 0 Å². The SMILES string of the molecule is N#Cc1ccc(-c2c(C(=O)NC[C@@H](N)CC(O)CN)[nH]c3ccc(F)cc23)cc1. The Bertz CT molecular complexity index is 1060. The van der Waals surface area contributed by atoms with E-state index in [1.165, 1.54) is 12.1 Å². The van der Waals surface area contributed by atoms with Gasteiger partial charge in [-0.2, -0.15) is 5.26 Å². The predicted molar refractivity (Wildman–Crippen MR) is 108 cm³/mol. The van der Waals surface area contributed by atoms with Crippen LogP contribution < -0.4 is 16.8 Å². The quantitative estimate of drug-likeness (QED) is 0.413. The number of amides is 1. The Labute approximate surface area is 167 Å². The molecule has 8 heteroatoms. The van der Waals surface area contributed by atoms with Crippen molar-refractivity contribution in [1.29, 1.82) is 5.26 Å². The van der Waals surface area contributed by atoms with Crippen molar-refractivity contribution in [2.24, 2.45) is 11.5 Å². The van der Waals surface area contributed by atoms with Crippen LogP contribution in [-0.2, 0) is 0 Å². The van der Waals surface area contributed by atoms with Gasteiger partial charge in [-0.1, -0.05) is 12.1 Å². The second-order valence-corrected chi connectivity index (χ2v) is 6.85. The van der Waals surface area contributed by atoms with Crippen LogP contribution >= 0.6 is 0 Å². The zero-order valence-electron chi connectivity index (χ0n) is 15.7. The molecule has 0 saturated heterocycles. The molecule has 1 heterocycles. The fourth-order valence-electron chi connectivity index (χ4n) is 3.19. The van der Waals surface area contributed by atoms with Crippen LogP contribution in [0.3, 0.4) is 0 Å². The molecule has 0 fully saturated rings. The molecule has 0 aliphatic carbocycles. The average molecular weight is 395 g/mol. The molecule has 150 valence electrons. The second kappa shape index (κ2) is 8.84. The van der Waals surface area contributed by atoms with Crippen LogP contribution in [0, 0.1) is 17.1 Å². The number of aromatic amines is 1. The van der Waals surface area contributed by atoms with Gasteiger partial charge in [-0.05, 0) is 42.3 Å². The molecule has 7 nitrogen and oxygen atoms in total. The van der Waals surface area contributed by atoms with Crippen molar-refractivity contribution in [3.8, 4) is 17.2 Å². The van der Waals surface area contributed by atoms with Crippen LogP contribution in [0.15, 0.2) is 42.5 Å². The van der Waals surface area contributed by atoms with Gasteiger partial charge >= 0.3 is 0 Å². The Morgan fingerprint density at radius 2 is 2.00 bits per heavy atom. The van der Waals surface area contributed by atoms with Crippen LogP contribution in [0.5, 0.6) is 0 Å². The van der Waals surface area contributed by atoms with Crippen molar-refractivity contribution < 1.29 is 14.3 Å². The molecular weight excluding hydrogens is 373 g/mol. The summed E-state index contributed by atoms with van der Waals surface area (Å²) in [5.74, 6) is -0.824. The number of benzene rings is 2. The Morgan fingerprint density at radius 3 is 2.66 bits per heavy atom. The molecule has 2 atom stereocenters. The van der Waals surface area contributed by atoms with E-state index in [1.54, 1.807) is 30.3 Å². The molecule has 1 aromatic heterocycles. The zero-order chi connectivity index (χ0) is 21.0. The summed E-state index contributed by atoms with van der Waals surface area (Å²) in [4.78, 5) is 15.9. The fourth-order valence-corrected chi connectivity index (χ4v) is 3.19. The molecule has 0 aliphatic rings. The number of halogens is 1. The molecule has 29 heavy (non-hydrogen) atoms. The number of aliphatic hydroxyl groups excluding tert-OH is 1. The van der Waals surface area contributed by atoms with Crippen LogP contribution in [0.1, 0.15) is 22.5 Å². The molecule has 0 aliphatic heterocycles. The normalized spacial score (nSPS) is 13.1. The smallest absolute Gasteiger partial charge is 0.268 e. The number of H-pyrrole nitrogens is 1. The number of rotatable bonds is 7. The first-order valence-corrected chi connectivity index (χ1v) is 9.16. The van der Waals surface area contributed by atoms with Gasteiger partial charge in [0, 0.05) is 35.6 Å². The van der Waals surface area contributed by atoms with Gasteiger partial charge in [0.05, 0.1) is 17.7 Å². The molecular formula is C21H22FN5O2. The summed E-state index contributed by atoms with van der Waals surface area (Å²) in [5, 5.41) is 21.9. The third-order valence-corrected chi connectivity index (χ3v) is 4.66. The lowest BCUT2D eigenvalue weighted by Gasteiger charge is -2.16. The minimum absolute atomic E-state index is 0.0953. The zero-order valence-corrected chi connectivity index (χ0v) is 15.7. The molecule has 3 rings (SSSR count). The molecule has 1 unspecified atom stereocenters. The first-order chi connectivity index (χ1) is 13.9. The summed E-state index contributed by atoms with van der Waals surface area (Å²) in [7, 11) is 0. The molecule has 2 aromatic carbocycles. The summed E-state index contributed by atoms with van der Waals surface area (Å²) in [6.07, 6.45) is -0.468. The van der Waals surface area contributed by atoms with Gasteiger partial charge in [0.25, 0.3) is 5.91 Å². The van der Waals surface area contributed by atoms with E-state index in [0.29, 0.717) is 27.6 Å². The van der Waals surface area contributed by atoms with Crippen molar-refractivity contribution in [2.75, 3.05) is 13.1 Å². The van der Waals surface area contributed by atoms with E-state index in [4.69, 9.17) is 16.7 Å². The van der Waals surface area contributed by atoms with Gasteiger partial charge in [-0.15, -0.1) is 0 Å². The van der Waals surface area contributed by atoms with Crippen molar-refractivity contribution in [1.82, 2.24) is 10.3 Å². The first kappa shape index (κ1) is 20.5. The highest BCUT2D eigenvalue weighted by molar-refractivity contribution is 6.09. The number of nitrogens with zero attached hydrogens (tertiary/aromatic N) is 1. The highest BCUT2D eigenvalue weighted by atomic mass is 19.1. The lowest BCUT2D eigenvalue weighted by Crippen LogP contribution is -2.40. The van der Waals surface area contributed by atoms with Gasteiger partial charge in [0.2, 0.25) is 0 Å². The molecule has 0 radical (unpaired) electrons. The van der Waals surface area contributed by atoms with Crippen LogP contribution in [0.25, 0.3) is 22.0 Å². The number of nitriles is 1. The average Bonchev–Trinajstić information content (AvgIpc) is 3.10. The second-order valence-electron chi connectivity index (χ2n) is 6.85. The third kappa shape index (κ3) is 4.60. The van der Waals surface area contributed by atoms with E-state index in [1.807, 2.05) is 6.07 Å². The van der Waals surface area contributed by atoms with Crippen molar-refractivity contribution in [2.45, 2.75) is 18.6 Å². The first-order valence-electron chi connectivity index (χ1n) is 9.16. The van der Waals surface area contributed by atoms with Gasteiger partial charge < -0.3 is 26.9 Å². The summed E-state index contributed by atoms with van der Waals surface area (Å²) in [6, 6.07) is 12.5. The largest absolute Gasteiger partial charge is 0.392 e. The maximum absolute atomic E-state index is 13.9. The molecule has 0 spiro atoms. The fraction of sp³-hybridized carbons (Fsp3) is 0.238. The maximum atomic E-state index is 13.9. The summed E-state index contributed by atoms with van der Waals surface area (Å²) in [5.41, 5.74) is 13.9. The number of carbonyl (C=O) groups is 1. The van der Waals surface area contributed by atoms with Crippen LogP contribution in [0.4, 0.5) is 4.39 Å². The van der Waals surface area contributed by atoms with Gasteiger partial charge in [0.1, 0.15) is 11.5 Å².